The third-order valence-electron chi connectivity index (χ3n) is 3.66. The highest BCUT2D eigenvalue weighted by molar-refractivity contribution is 8.00. The summed E-state index contributed by atoms with van der Waals surface area (Å²) in [6.45, 7) is 5.27. The maximum atomic E-state index is 13.1. The van der Waals surface area contributed by atoms with Crippen molar-refractivity contribution in [2.24, 2.45) is 0 Å². The van der Waals surface area contributed by atoms with Crippen LogP contribution in [0.3, 0.4) is 0 Å². The molecular weight excluding hydrogens is 363 g/mol. The molecule has 1 aromatic carbocycles. The highest BCUT2D eigenvalue weighted by Crippen LogP contribution is 2.35. The summed E-state index contributed by atoms with van der Waals surface area (Å²) < 4.78 is 39.3. The Kier molecular flexibility index (Phi) is 5.93. The summed E-state index contributed by atoms with van der Waals surface area (Å²) in [5.41, 5.74) is 1.23. The van der Waals surface area contributed by atoms with Gasteiger partial charge in [-0.25, -0.2) is 4.98 Å². The van der Waals surface area contributed by atoms with Crippen molar-refractivity contribution in [3.8, 4) is 6.07 Å². The van der Waals surface area contributed by atoms with Crippen molar-refractivity contribution >= 4 is 23.4 Å². The highest BCUT2D eigenvalue weighted by Gasteiger charge is 2.35. The average Bonchev–Trinajstić information content (AvgIpc) is 2.55. The summed E-state index contributed by atoms with van der Waals surface area (Å²) in [6.07, 6.45) is -4.66. The lowest BCUT2D eigenvalue weighted by Crippen LogP contribution is -2.15. The van der Waals surface area contributed by atoms with E-state index >= 15 is 0 Å². The van der Waals surface area contributed by atoms with E-state index in [0.717, 1.165) is 29.0 Å². The lowest BCUT2D eigenvalue weighted by molar-refractivity contribution is -0.138. The molecule has 1 aromatic heterocycles. The number of benzene rings is 1. The Morgan fingerprint density at radius 3 is 2.50 bits per heavy atom. The van der Waals surface area contributed by atoms with Crippen LogP contribution in [0.15, 0.2) is 29.3 Å². The molecule has 1 amide bonds. The van der Waals surface area contributed by atoms with Gasteiger partial charge in [0.25, 0.3) is 0 Å². The number of carbonyl (C=O) groups excluding carboxylic acids is 1. The van der Waals surface area contributed by atoms with E-state index in [2.05, 4.69) is 10.3 Å². The Hall–Kier alpha value is -2.53. The van der Waals surface area contributed by atoms with Crippen LogP contribution in [0.4, 0.5) is 18.9 Å². The summed E-state index contributed by atoms with van der Waals surface area (Å²) in [5.74, 6) is -0.547. The molecule has 2 aromatic rings. The predicted octanol–water partition coefficient (Wildman–Crippen LogP) is 4.63. The number of amides is 1. The second-order valence-electron chi connectivity index (χ2n) is 5.74. The Morgan fingerprint density at radius 1 is 1.23 bits per heavy atom. The molecule has 0 spiro atoms. The van der Waals surface area contributed by atoms with Crippen LogP contribution in [-0.2, 0) is 11.0 Å². The maximum absolute atomic E-state index is 13.1. The number of hydrogen-bond acceptors (Lipinski definition) is 4. The molecule has 0 atom stereocenters. The van der Waals surface area contributed by atoms with Gasteiger partial charge >= 0.3 is 6.18 Å². The smallest absolute Gasteiger partial charge is 0.325 e. The number of aryl methyl sites for hydroxylation is 3. The van der Waals surface area contributed by atoms with Gasteiger partial charge in [0.15, 0.2) is 0 Å². The van der Waals surface area contributed by atoms with Crippen molar-refractivity contribution in [3.05, 3.63) is 52.2 Å². The number of halogens is 3. The Labute approximate surface area is 153 Å². The van der Waals surface area contributed by atoms with Crippen molar-refractivity contribution in [2.75, 3.05) is 11.1 Å². The van der Waals surface area contributed by atoms with E-state index in [1.807, 2.05) is 26.0 Å². The van der Waals surface area contributed by atoms with Crippen LogP contribution in [0.2, 0.25) is 0 Å². The molecule has 0 unspecified atom stereocenters. The van der Waals surface area contributed by atoms with Crippen molar-refractivity contribution in [1.82, 2.24) is 4.98 Å². The standard InChI is InChI=1S/C18H16F3N3OS/c1-10-4-5-13(6-11(10)2)24-16(25)9-26-17-14(8-22)15(18(19,20)21)7-12(3)23-17/h4-7H,9H2,1-3H3,(H,24,25). The summed E-state index contributed by atoms with van der Waals surface area (Å²) >= 11 is 0.805. The molecule has 4 nitrogen and oxygen atoms in total. The van der Waals surface area contributed by atoms with Crippen molar-refractivity contribution < 1.29 is 18.0 Å². The fraction of sp³-hybridized carbons (Fsp3) is 0.278. The number of nitrogens with one attached hydrogen (secondary N) is 1. The van der Waals surface area contributed by atoms with Gasteiger partial charge in [-0.15, -0.1) is 0 Å². The molecule has 8 heteroatoms. The summed E-state index contributed by atoms with van der Waals surface area (Å²) in [6, 6.07) is 7.80. The molecule has 0 bridgehead atoms. The van der Waals surface area contributed by atoms with E-state index in [9.17, 15) is 18.0 Å². The molecule has 0 radical (unpaired) electrons. The number of anilines is 1. The normalized spacial score (nSPS) is 11.1. The summed E-state index contributed by atoms with van der Waals surface area (Å²) in [4.78, 5) is 16.1. The Bertz CT molecular complexity index is 888. The van der Waals surface area contributed by atoms with E-state index in [1.54, 1.807) is 12.1 Å². The van der Waals surface area contributed by atoms with Crippen LogP contribution < -0.4 is 5.32 Å². The van der Waals surface area contributed by atoms with Crippen LogP contribution in [0.25, 0.3) is 0 Å². The molecule has 0 saturated heterocycles. The number of aromatic nitrogens is 1. The number of carbonyl (C=O) groups is 1. The van der Waals surface area contributed by atoms with E-state index in [-0.39, 0.29) is 22.4 Å². The molecule has 0 fully saturated rings. The number of nitrogens with zero attached hydrogens (tertiary/aromatic N) is 2. The molecule has 2 rings (SSSR count). The Morgan fingerprint density at radius 2 is 1.92 bits per heavy atom. The topological polar surface area (TPSA) is 65.8 Å². The van der Waals surface area contributed by atoms with Crippen LogP contribution in [0, 0.1) is 32.1 Å². The van der Waals surface area contributed by atoms with Crippen LogP contribution in [-0.4, -0.2) is 16.6 Å². The first-order valence-electron chi connectivity index (χ1n) is 7.60. The Balaban J connectivity index is 2.16. The second-order valence-corrected chi connectivity index (χ2v) is 6.70. The molecule has 136 valence electrons. The number of rotatable bonds is 4. The number of hydrogen-bond donors (Lipinski definition) is 1. The lowest BCUT2D eigenvalue weighted by atomic mass is 10.1. The number of thioether (sulfide) groups is 1. The zero-order valence-electron chi connectivity index (χ0n) is 14.4. The van der Waals surface area contributed by atoms with Gasteiger partial charge in [-0.05, 0) is 50.1 Å². The largest absolute Gasteiger partial charge is 0.417 e. The minimum atomic E-state index is -4.66. The molecule has 1 N–H and O–H groups in total. The van der Waals surface area contributed by atoms with Crippen LogP contribution >= 0.6 is 11.8 Å². The van der Waals surface area contributed by atoms with Crippen molar-refractivity contribution in [2.45, 2.75) is 32.0 Å². The molecule has 0 aliphatic heterocycles. The van der Waals surface area contributed by atoms with Gasteiger partial charge in [-0.2, -0.15) is 18.4 Å². The average molecular weight is 379 g/mol. The van der Waals surface area contributed by atoms with Gasteiger partial charge in [0.2, 0.25) is 5.91 Å². The van der Waals surface area contributed by atoms with Gasteiger partial charge in [-0.1, -0.05) is 17.8 Å². The first-order chi connectivity index (χ1) is 12.1. The summed E-state index contributed by atoms with van der Waals surface area (Å²) in [7, 11) is 0. The van der Waals surface area contributed by atoms with Gasteiger partial charge < -0.3 is 5.32 Å². The fourth-order valence-electron chi connectivity index (χ4n) is 2.23. The van der Waals surface area contributed by atoms with E-state index in [1.165, 1.54) is 6.92 Å². The van der Waals surface area contributed by atoms with Crippen molar-refractivity contribution in [3.63, 3.8) is 0 Å². The first kappa shape index (κ1) is 19.8. The van der Waals surface area contributed by atoms with Gasteiger partial charge in [0.05, 0.1) is 16.9 Å². The minimum Gasteiger partial charge on any atom is -0.325 e. The summed E-state index contributed by atoms with van der Waals surface area (Å²) in [5, 5.41) is 11.7. The van der Waals surface area contributed by atoms with E-state index in [0.29, 0.717) is 5.69 Å². The highest BCUT2D eigenvalue weighted by atomic mass is 32.2. The first-order valence-corrected chi connectivity index (χ1v) is 8.59. The lowest BCUT2D eigenvalue weighted by Gasteiger charge is -2.13. The molecule has 0 aliphatic carbocycles. The maximum Gasteiger partial charge on any atom is 0.417 e. The number of nitriles is 1. The van der Waals surface area contributed by atoms with Gasteiger partial charge in [0.1, 0.15) is 11.1 Å². The third-order valence-corrected chi connectivity index (χ3v) is 4.64. The number of alkyl halides is 3. The quantitative estimate of drug-likeness (QED) is 0.787. The third kappa shape index (κ3) is 4.76. The minimum absolute atomic E-state index is 0.102. The van der Waals surface area contributed by atoms with Gasteiger partial charge in [-0.3, -0.25) is 4.79 Å². The molecule has 0 aliphatic rings. The van der Waals surface area contributed by atoms with Gasteiger partial charge in [0, 0.05) is 11.4 Å². The molecule has 26 heavy (non-hydrogen) atoms. The predicted molar refractivity (Wildman–Crippen MR) is 94.0 cm³/mol. The monoisotopic (exact) mass is 379 g/mol. The van der Waals surface area contributed by atoms with E-state index < -0.39 is 17.3 Å². The zero-order valence-corrected chi connectivity index (χ0v) is 15.2. The molecule has 0 saturated carbocycles. The molecule has 1 heterocycles. The molecular formula is C18H16F3N3OS. The van der Waals surface area contributed by atoms with Crippen LogP contribution in [0.5, 0.6) is 0 Å². The van der Waals surface area contributed by atoms with Crippen LogP contribution in [0.1, 0.15) is 27.9 Å². The van der Waals surface area contributed by atoms with E-state index in [4.69, 9.17) is 5.26 Å². The van der Waals surface area contributed by atoms with Crippen molar-refractivity contribution in [1.29, 1.82) is 5.26 Å². The number of pyridine rings is 1. The fourth-order valence-corrected chi connectivity index (χ4v) is 3.08. The second kappa shape index (κ2) is 7.79. The zero-order chi connectivity index (χ0) is 19.5. The SMILES string of the molecule is Cc1cc(C(F)(F)F)c(C#N)c(SCC(=O)Nc2ccc(C)c(C)c2)n1.